The molecule has 76 valence electrons. The quantitative estimate of drug-likeness (QED) is 0.702. The number of nitrogens with one attached hydrogen (secondary N) is 1. The second-order valence-electron chi connectivity index (χ2n) is 3.70. The number of aromatic nitrogens is 2. The third-order valence-corrected chi connectivity index (χ3v) is 2.76. The molecule has 0 aliphatic heterocycles. The first-order valence-corrected chi connectivity index (χ1v) is 5.12. The molecule has 0 unspecified atom stereocenters. The number of fused-ring (bicyclic) bond motifs is 1. The highest BCUT2D eigenvalue weighted by molar-refractivity contribution is 5.30. The van der Waals surface area contributed by atoms with E-state index in [4.69, 9.17) is 5.73 Å². The predicted molar refractivity (Wildman–Crippen MR) is 54.3 cm³/mol. The van der Waals surface area contributed by atoms with Crippen molar-refractivity contribution in [3.63, 3.8) is 0 Å². The molecule has 0 aromatic carbocycles. The van der Waals surface area contributed by atoms with Crippen LogP contribution in [0.4, 0.5) is 0 Å². The molecule has 0 bridgehead atoms. The lowest BCUT2D eigenvalue weighted by atomic mass is 9.91. The molecule has 1 aromatic heterocycles. The van der Waals surface area contributed by atoms with Gasteiger partial charge in [0.15, 0.2) is 0 Å². The van der Waals surface area contributed by atoms with Crippen molar-refractivity contribution >= 4 is 0 Å². The van der Waals surface area contributed by atoms with Crippen molar-refractivity contribution in [3.05, 3.63) is 27.2 Å². The highest BCUT2D eigenvalue weighted by Crippen LogP contribution is 2.19. The van der Waals surface area contributed by atoms with Crippen LogP contribution in [0, 0.1) is 0 Å². The monoisotopic (exact) mass is 193 g/mol. The second-order valence-corrected chi connectivity index (χ2v) is 3.70. The van der Waals surface area contributed by atoms with Crippen LogP contribution in [0.15, 0.2) is 4.79 Å². The van der Waals surface area contributed by atoms with E-state index in [1.807, 2.05) is 0 Å². The van der Waals surface area contributed by atoms with Gasteiger partial charge in [-0.05, 0) is 37.8 Å². The minimum atomic E-state index is -0.0135. The van der Waals surface area contributed by atoms with E-state index in [0.717, 1.165) is 48.9 Å². The normalized spacial score (nSPS) is 15.2. The Morgan fingerprint density at radius 1 is 1.29 bits per heavy atom. The van der Waals surface area contributed by atoms with Crippen LogP contribution in [0.3, 0.4) is 0 Å². The molecule has 0 saturated heterocycles. The summed E-state index contributed by atoms with van der Waals surface area (Å²) in [5.74, 6) is 0. The second kappa shape index (κ2) is 3.92. The number of aromatic amines is 1. The maximum Gasteiger partial charge on any atom is 0.267 e. The molecule has 1 aliphatic carbocycles. The maximum atomic E-state index is 11.5. The minimum Gasteiger partial charge on any atom is -0.330 e. The van der Waals surface area contributed by atoms with Gasteiger partial charge in [-0.15, -0.1) is 0 Å². The average molecular weight is 193 g/mol. The van der Waals surface area contributed by atoms with Gasteiger partial charge >= 0.3 is 0 Å². The first-order valence-electron chi connectivity index (χ1n) is 5.12. The summed E-state index contributed by atoms with van der Waals surface area (Å²) < 4.78 is 0. The van der Waals surface area contributed by atoms with Gasteiger partial charge in [-0.2, -0.15) is 5.10 Å². The summed E-state index contributed by atoms with van der Waals surface area (Å²) in [5, 5.41) is 6.62. The van der Waals surface area contributed by atoms with E-state index in [2.05, 4.69) is 10.2 Å². The number of hydrogen-bond donors (Lipinski definition) is 2. The molecule has 14 heavy (non-hydrogen) atoms. The lowest BCUT2D eigenvalue weighted by Gasteiger charge is -2.16. The van der Waals surface area contributed by atoms with Gasteiger partial charge in [0.2, 0.25) is 0 Å². The molecule has 0 saturated carbocycles. The summed E-state index contributed by atoms with van der Waals surface area (Å²) in [7, 11) is 0. The van der Waals surface area contributed by atoms with Crippen LogP contribution in [-0.2, 0) is 19.3 Å². The van der Waals surface area contributed by atoms with E-state index in [1.165, 1.54) is 0 Å². The summed E-state index contributed by atoms with van der Waals surface area (Å²) in [5.41, 5.74) is 8.57. The molecule has 0 atom stereocenters. The van der Waals surface area contributed by atoms with Crippen LogP contribution in [0.25, 0.3) is 0 Å². The predicted octanol–water partition coefficient (Wildman–Crippen LogP) is 0.150. The molecule has 4 nitrogen and oxygen atoms in total. The zero-order valence-electron chi connectivity index (χ0n) is 8.18. The molecule has 0 spiro atoms. The molecular formula is C10H15N3O. The fraction of sp³-hybridized carbons (Fsp3) is 0.600. The fourth-order valence-corrected chi connectivity index (χ4v) is 2.07. The fourth-order valence-electron chi connectivity index (χ4n) is 2.07. The summed E-state index contributed by atoms with van der Waals surface area (Å²) in [6, 6.07) is 0. The van der Waals surface area contributed by atoms with Crippen LogP contribution >= 0.6 is 0 Å². The Labute approximate surface area is 82.5 Å². The third kappa shape index (κ3) is 1.57. The van der Waals surface area contributed by atoms with Crippen LogP contribution in [-0.4, -0.2) is 16.7 Å². The van der Waals surface area contributed by atoms with E-state index in [-0.39, 0.29) is 5.56 Å². The summed E-state index contributed by atoms with van der Waals surface area (Å²) >= 11 is 0. The van der Waals surface area contributed by atoms with Crippen molar-refractivity contribution in [2.45, 2.75) is 32.1 Å². The Morgan fingerprint density at radius 3 is 2.71 bits per heavy atom. The van der Waals surface area contributed by atoms with E-state index in [0.29, 0.717) is 6.54 Å². The molecule has 1 aliphatic rings. The molecule has 0 amide bonds. The van der Waals surface area contributed by atoms with Gasteiger partial charge in [0.25, 0.3) is 5.56 Å². The van der Waals surface area contributed by atoms with Gasteiger partial charge < -0.3 is 5.73 Å². The summed E-state index contributed by atoms with van der Waals surface area (Å²) in [4.78, 5) is 11.5. The molecule has 0 fully saturated rings. The van der Waals surface area contributed by atoms with Gasteiger partial charge in [-0.1, -0.05) is 0 Å². The van der Waals surface area contributed by atoms with Crippen LogP contribution in [0.1, 0.15) is 29.7 Å². The maximum absolute atomic E-state index is 11.5. The first kappa shape index (κ1) is 9.40. The van der Waals surface area contributed by atoms with Crippen molar-refractivity contribution in [2.24, 2.45) is 5.73 Å². The van der Waals surface area contributed by atoms with Gasteiger partial charge in [0, 0.05) is 12.0 Å². The molecule has 1 heterocycles. The van der Waals surface area contributed by atoms with Crippen LogP contribution < -0.4 is 11.3 Å². The molecule has 4 heteroatoms. The third-order valence-electron chi connectivity index (χ3n) is 2.76. The molecule has 3 N–H and O–H groups in total. The van der Waals surface area contributed by atoms with E-state index < -0.39 is 0 Å². The highest BCUT2D eigenvalue weighted by atomic mass is 16.1. The zero-order chi connectivity index (χ0) is 9.97. The number of rotatable bonds is 2. The molecule has 1 aromatic rings. The Bertz CT molecular complexity index is 383. The summed E-state index contributed by atoms with van der Waals surface area (Å²) in [6.07, 6.45) is 4.92. The smallest absolute Gasteiger partial charge is 0.267 e. The van der Waals surface area contributed by atoms with Gasteiger partial charge in [-0.25, -0.2) is 5.10 Å². The SMILES string of the molecule is NCCc1n[nH]c(=O)c2c1CCCC2. The molecule has 0 radical (unpaired) electrons. The van der Waals surface area contributed by atoms with Crippen molar-refractivity contribution in [1.29, 1.82) is 0 Å². The number of nitrogens with two attached hydrogens (primary N) is 1. The minimum absolute atomic E-state index is 0.0135. The highest BCUT2D eigenvalue weighted by Gasteiger charge is 2.16. The van der Waals surface area contributed by atoms with E-state index in [9.17, 15) is 4.79 Å². The van der Waals surface area contributed by atoms with Gasteiger partial charge in [0.05, 0.1) is 5.69 Å². The van der Waals surface area contributed by atoms with Crippen molar-refractivity contribution < 1.29 is 0 Å². The van der Waals surface area contributed by atoms with Crippen molar-refractivity contribution in [1.82, 2.24) is 10.2 Å². The van der Waals surface area contributed by atoms with E-state index in [1.54, 1.807) is 0 Å². The lowest BCUT2D eigenvalue weighted by molar-refractivity contribution is 0.650. The number of hydrogen-bond acceptors (Lipinski definition) is 3. The Morgan fingerprint density at radius 2 is 2.00 bits per heavy atom. The van der Waals surface area contributed by atoms with E-state index >= 15 is 0 Å². The Balaban J connectivity index is 2.48. The van der Waals surface area contributed by atoms with Crippen molar-refractivity contribution in [3.8, 4) is 0 Å². The first-order chi connectivity index (χ1) is 6.83. The number of nitrogens with zero attached hydrogens (tertiary/aromatic N) is 1. The largest absolute Gasteiger partial charge is 0.330 e. The lowest BCUT2D eigenvalue weighted by Crippen LogP contribution is -2.23. The van der Waals surface area contributed by atoms with Gasteiger partial charge in [0.1, 0.15) is 0 Å². The average Bonchev–Trinajstić information content (AvgIpc) is 2.23. The molecular weight excluding hydrogens is 178 g/mol. The zero-order valence-corrected chi connectivity index (χ0v) is 8.18. The Hall–Kier alpha value is -1.16. The molecule has 2 rings (SSSR count). The topological polar surface area (TPSA) is 71.8 Å². The van der Waals surface area contributed by atoms with Crippen LogP contribution in [0.5, 0.6) is 0 Å². The van der Waals surface area contributed by atoms with Crippen molar-refractivity contribution in [2.75, 3.05) is 6.54 Å². The summed E-state index contributed by atoms with van der Waals surface area (Å²) in [6.45, 7) is 0.589. The standard InChI is InChI=1S/C10H15N3O/c11-6-5-9-7-3-1-2-4-8(7)10(14)13-12-9/h1-6,11H2,(H,13,14). The van der Waals surface area contributed by atoms with Crippen LogP contribution in [0.2, 0.25) is 0 Å². The number of H-pyrrole nitrogens is 1. The van der Waals surface area contributed by atoms with Gasteiger partial charge in [-0.3, -0.25) is 4.79 Å². The Kier molecular flexibility index (Phi) is 2.63.